The Balaban J connectivity index is 2.13. The number of rotatable bonds is 5. The number of alkyl halides is 1. The standard InChI is InChI=1S/C16H15ClO/c17-12-4-7-16(18)15-10-8-14(9-11-15)13-5-2-1-3-6-13/h1-3,5-6,8-11H,4,7,12H2. The summed E-state index contributed by atoms with van der Waals surface area (Å²) in [5.74, 6) is 0.698. The molecule has 0 bridgehead atoms. The number of carbonyl (C=O) groups is 1. The highest BCUT2D eigenvalue weighted by atomic mass is 35.5. The summed E-state index contributed by atoms with van der Waals surface area (Å²) in [7, 11) is 0. The molecule has 0 atom stereocenters. The van der Waals surface area contributed by atoms with Crippen molar-refractivity contribution in [2.24, 2.45) is 0 Å². The Hall–Kier alpha value is -1.60. The zero-order valence-electron chi connectivity index (χ0n) is 10.1. The third kappa shape index (κ3) is 3.21. The minimum absolute atomic E-state index is 0.162. The van der Waals surface area contributed by atoms with Gasteiger partial charge in [-0.1, -0.05) is 54.6 Å². The summed E-state index contributed by atoms with van der Waals surface area (Å²) in [6, 6.07) is 17.9. The summed E-state index contributed by atoms with van der Waals surface area (Å²) in [6.07, 6.45) is 1.26. The first kappa shape index (κ1) is 12.8. The van der Waals surface area contributed by atoms with Gasteiger partial charge in [-0.3, -0.25) is 4.79 Å². The summed E-state index contributed by atoms with van der Waals surface area (Å²) in [5.41, 5.74) is 3.06. The van der Waals surface area contributed by atoms with Crippen molar-refractivity contribution >= 4 is 17.4 Å². The van der Waals surface area contributed by atoms with Crippen LogP contribution in [0.1, 0.15) is 23.2 Å². The Morgan fingerprint density at radius 3 is 2.11 bits per heavy atom. The van der Waals surface area contributed by atoms with E-state index < -0.39 is 0 Å². The maximum absolute atomic E-state index is 11.8. The molecule has 0 saturated carbocycles. The molecule has 0 heterocycles. The number of hydrogen-bond donors (Lipinski definition) is 0. The third-order valence-electron chi connectivity index (χ3n) is 2.85. The van der Waals surface area contributed by atoms with Gasteiger partial charge < -0.3 is 0 Å². The van der Waals surface area contributed by atoms with Crippen LogP contribution in [0.4, 0.5) is 0 Å². The van der Waals surface area contributed by atoms with Crippen molar-refractivity contribution in [1.29, 1.82) is 0 Å². The van der Waals surface area contributed by atoms with Crippen LogP contribution in [0.2, 0.25) is 0 Å². The first-order chi connectivity index (χ1) is 8.81. The Morgan fingerprint density at radius 1 is 0.889 bits per heavy atom. The van der Waals surface area contributed by atoms with Gasteiger partial charge in [-0.25, -0.2) is 0 Å². The number of benzene rings is 2. The zero-order chi connectivity index (χ0) is 12.8. The average Bonchev–Trinajstić information content (AvgIpc) is 2.46. The van der Waals surface area contributed by atoms with Crippen LogP contribution in [0.5, 0.6) is 0 Å². The number of halogens is 1. The Labute approximate surface area is 112 Å². The van der Waals surface area contributed by atoms with Crippen LogP contribution in [0.25, 0.3) is 11.1 Å². The van der Waals surface area contributed by atoms with Gasteiger partial charge in [-0.15, -0.1) is 11.6 Å². The lowest BCUT2D eigenvalue weighted by Crippen LogP contribution is -1.98. The van der Waals surface area contributed by atoms with E-state index >= 15 is 0 Å². The van der Waals surface area contributed by atoms with Crippen molar-refractivity contribution in [2.45, 2.75) is 12.8 Å². The monoisotopic (exact) mass is 258 g/mol. The lowest BCUT2D eigenvalue weighted by atomic mass is 10.0. The predicted molar refractivity (Wildman–Crippen MR) is 76.2 cm³/mol. The lowest BCUT2D eigenvalue weighted by Gasteiger charge is -2.03. The molecule has 0 saturated heterocycles. The smallest absolute Gasteiger partial charge is 0.162 e. The van der Waals surface area contributed by atoms with Crippen LogP contribution in [-0.2, 0) is 0 Å². The van der Waals surface area contributed by atoms with E-state index in [9.17, 15) is 4.79 Å². The van der Waals surface area contributed by atoms with E-state index in [1.807, 2.05) is 42.5 Å². The summed E-state index contributed by atoms with van der Waals surface area (Å²) < 4.78 is 0. The van der Waals surface area contributed by atoms with Crippen molar-refractivity contribution in [3.63, 3.8) is 0 Å². The molecule has 92 valence electrons. The summed E-state index contributed by atoms with van der Waals surface area (Å²) in [6.45, 7) is 0. The van der Waals surface area contributed by atoms with Crippen molar-refractivity contribution in [1.82, 2.24) is 0 Å². The second-order valence-electron chi connectivity index (χ2n) is 4.16. The summed E-state index contributed by atoms with van der Waals surface area (Å²) in [4.78, 5) is 11.8. The molecule has 2 rings (SSSR count). The van der Waals surface area contributed by atoms with Gasteiger partial charge in [0.1, 0.15) is 0 Å². The number of ketones is 1. The van der Waals surface area contributed by atoms with Gasteiger partial charge >= 0.3 is 0 Å². The van der Waals surface area contributed by atoms with E-state index in [4.69, 9.17) is 11.6 Å². The SMILES string of the molecule is O=C(CCCCl)c1ccc(-c2ccccc2)cc1. The Kier molecular flexibility index (Phi) is 4.54. The van der Waals surface area contributed by atoms with Gasteiger partial charge in [-0.2, -0.15) is 0 Å². The maximum Gasteiger partial charge on any atom is 0.162 e. The van der Waals surface area contributed by atoms with E-state index in [0.717, 1.165) is 23.1 Å². The average molecular weight is 259 g/mol. The highest BCUT2D eigenvalue weighted by Gasteiger charge is 2.05. The largest absolute Gasteiger partial charge is 0.294 e. The van der Waals surface area contributed by atoms with Crippen molar-refractivity contribution in [2.75, 3.05) is 5.88 Å². The van der Waals surface area contributed by atoms with Crippen molar-refractivity contribution < 1.29 is 4.79 Å². The third-order valence-corrected chi connectivity index (χ3v) is 3.12. The minimum atomic E-state index is 0.162. The van der Waals surface area contributed by atoms with Crippen molar-refractivity contribution in [3.05, 3.63) is 60.2 Å². The highest BCUT2D eigenvalue weighted by Crippen LogP contribution is 2.19. The van der Waals surface area contributed by atoms with Crippen LogP contribution >= 0.6 is 11.6 Å². The van der Waals surface area contributed by atoms with Gasteiger partial charge in [-0.05, 0) is 17.5 Å². The first-order valence-electron chi connectivity index (χ1n) is 6.06. The maximum atomic E-state index is 11.8. The molecule has 0 amide bonds. The molecular formula is C16H15ClO. The van der Waals surface area contributed by atoms with Crippen LogP contribution in [0.3, 0.4) is 0 Å². The molecule has 0 fully saturated rings. The lowest BCUT2D eigenvalue weighted by molar-refractivity contribution is 0.0982. The molecule has 2 aromatic carbocycles. The topological polar surface area (TPSA) is 17.1 Å². The van der Waals surface area contributed by atoms with E-state index in [1.165, 1.54) is 0 Å². The normalized spacial score (nSPS) is 10.3. The van der Waals surface area contributed by atoms with E-state index in [1.54, 1.807) is 0 Å². The van der Waals surface area contributed by atoms with Crippen LogP contribution < -0.4 is 0 Å². The van der Waals surface area contributed by atoms with Crippen LogP contribution in [0.15, 0.2) is 54.6 Å². The predicted octanol–water partition coefficient (Wildman–Crippen LogP) is 4.56. The molecule has 18 heavy (non-hydrogen) atoms. The van der Waals surface area contributed by atoms with Gasteiger partial charge in [0, 0.05) is 17.9 Å². The fourth-order valence-electron chi connectivity index (χ4n) is 1.85. The molecule has 0 aliphatic heterocycles. The molecular weight excluding hydrogens is 244 g/mol. The Bertz CT molecular complexity index is 502. The van der Waals surface area contributed by atoms with Crippen LogP contribution in [-0.4, -0.2) is 11.7 Å². The zero-order valence-corrected chi connectivity index (χ0v) is 10.9. The van der Waals surface area contributed by atoms with Gasteiger partial charge in [0.2, 0.25) is 0 Å². The van der Waals surface area contributed by atoms with Gasteiger partial charge in [0.25, 0.3) is 0 Å². The van der Waals surface area contributed by atoms with Crippen LogP contribution in [0, 0.1) is 0 Å². The molecule has 0 N–H and O–H groups in total. The molecule has 0 aliphatic carbocycles. The minimum Gasteiger partial charge on any atom is -0.294 e. The molecule has 0 unspecified atom stereocenters. The quantitative estimate of drug-likeness (QED) is 0.568. The fraction of sp³-hybridized carbons (Fsp3) is 0.188. The second-order valence-corrected chi connectivity index (χ2v) is 4.54. The first-order valence-corrected chi connectivity index (χ1v) is 6.59. The van der Waals surface area contributed by atoms with Gasteiger partial charge in [0.15, 0.2) is 5.78 Å². The van der Waals surface area contributed by atoms with Crippen molar-refractivity contribution in [3.8, 4) is 11.1 Å². The van der Waals surface area contributed by atoms with E-state index in [-0.39, 0.29) is 5.78 Å². The second kappa shape index (κ2) is 6.36. The molecule has 2 aromatic rings. The number of carbonyl (C=O) groups excluding carboxylic acids is 1. The Morgan fingerprint density at radius 2 is 1.50 bits per heavy atom. The van der Waals surface area contributed by atoms with E-state index in [0.29, 0.717) is 12.3 Å². The molecule has 0 aromatic heterocycles. The summed E-state index contributed by atoms with van der Waals surface area (Å²) in [5, 5.41) is 0. The number of Topliss-reactive ketones (excluding diaryl/α,β-unsaturated/α-hetero) is 1. The molecule has 0 spiro atoms. The van der Waals surface area contributed by atoms with E-state index in [2.05, 4.69) is 12.1 Å². The van der Waals surface area contributed by atoms with Gasteiger partial charge in [0.05, 0.1) is 0 Å². The fourth-order valence-corrected chi connectivity index (χ4v) is 1.98. The number of hydrogen-bond acceptors (Lipinski definition) is 1. The molecule has 2 heteroatoms. The molecule has 1 nitrogen and oxygen atoms in total. The summed E-state index contributed by atoms with van der Waals surface area (Å²) >= 11 is 5.59. The molecule has 0 radical (unpaired) electrons. The highest BCUT2D eigenvalue weighted by molar-refractivity contribution is 6.18. The molecule has 0 aliphatic rings.